The van der Waals surface area contributed by atoms with Crippen LogP contribution in [0.5, 0.6) is 0 Å². The molecule has 0 amide bonds. The van der Waals surface area contributed by atoms with E-state index in [0.29, 0.717) is 23.0 Å². The van der Waals surface area contributed by atoms with E-state index in [4.69, 9.17) is 27.9 Å². The topological polar surface area (TPSA) is 15.7 Å². The maximum Gasteiger partial charge on any atom is 0.0574 e. The maximum absolute atomic E-state index is 6.49. The fourth-order valence-electron chi connectivity index (χ4n) is 5.79. The van der Waals surface area contributed by atoms with Gasteiger partial charge in [0.2, 0.25) is 0 Å². The standard InChI is InChI=1S/C27H38Cl2N2OS/c1-3-4-25(32-2)13-20-7-10-30(11-8-20)16-23-17-31(18-26(23)22-9-12-33-19-22)15-21-5-6-24(28)14-27(21)29/h5-6,9,12,14,19-20,23,25-26H,3-4,7-8,10-11,13,15-18H2,1-2H3/t23-,25?,26+/m0/s1. The quantitative estimate of drug-likeness (QED) is 0.337. The number of rotatable bonds is 10. The zero-order chi connectivity index (χ0) is 23.2. The van der Waals surface area contributed by atoms with E-state index in [0.717, 1.165) is 30.6 Å². The molecule has 0 radical (unpaired) electrons. The Morgan fingerprint density at radius 1 is 1.12 bits per heavy atom. The Bertz CT molecular complexity index is 854. The largest absolute Gasteiger partial charge is 0.381 e. The number of hydrogen-bond donors (Lipinski definition) is 0. The third-order valence-corrected chi connectivity index (χ3v) is 8.93. The Labute approximate surface area is 214 Å². The summed E-state index contributed by atoms with van der Waals surface area (Å²) in [4.78, 5) is 5.31. The summed E-state index contributed by atoms with van der Waals surface area (Å²) in [6.07, 6.45) is 6.69. The van der Waals surface area contributed by atoms with Crippen LogP contribution in [-0.2, 0) is 11.3 Å². The van der Waals surface area contributed by atoms with Crippen LogP contribution in [0.15, 0.2) is 35.0 Å². The van der Waals surface area contributed by atoms with Crippen LogP contribution in [-0.4, -0.2) is 55.7 Å². The number of nitrogens with zero attached hydrogens (tertiary/aromatic N) is 2. The monoisotopic (exact) mass is 508 g/mol. The fraction of sp³-hybridized carbons (Fsp3) is 0.630. The van der Waals surface area contributed by atoms with E-state index < -0.39 is 0 Å². The SMILES string of the molecule is CCCC(CC1CCN(C[C@H]2CN(Cc3ccc(Cl)cc3Cl)C[C@@H]2c2ccsc2)CC1)OC. The second-order valence-corrected chi connectivity index (χ2v) is 11.6. The van der Waals surface area contributed by atoms with E-state index >= 15 is 0 Å². The van der Waals surface area contributed by atoms with Gasteiger partial charge in [-0.3, -0.25) is 4.90 Å². The van der Waals surface area contributed by atoms with E-state index in [2.05, 4.69) is 39.6 Å². The van der Waals surface area contributed by atoms with Gasteiger partial charge in [0.15, 0.2) is 0 Å². The molecule has 1 aromatic carbocycles. The van der Waals surface area contributed by atoms with Crippen molar-refractivity contribution in [2.24, 2.45) is 11.8 Å². The number of likely N-dealkylation sites (tertiary alicyclic amines) is 2. The summed E-state index contributed by atoms with van der Waals surface area (Å²) in [5, 5.41) is 6.05. The molecule has 4 rings (SSSR count). The van der Waals surface area contributed by atoms with Crippen molar-refractivity contribution in [3.05, 3.63) is 56.2 Å². The summed E-state index contributed by atoms with van der Waals surface area (Å²) in [6.45, 7) is 9.02. The molecule has 0 saturated carbocycles. The Kier molecular flexibility index (Phi) is 9.55. The Morgan fingerprint density at radius 3 is 2.61 bits per heavy atom. The van der Waals surface area contributed by atoms with Crippen molar-refractivity contribution in [3.63, 3.8) is 0 Å². The Balaban J connectivity index is 1.34. The van der Waals surface area contributed by atoms with Crippen molar-refractivity contribution in [3.8, 4) is 0 Å². The molecule has 6 heteroatoms. The van der Waals surface area contributed by atoms with Gasteiger partial charge in [-0.15, -0.1) is 0 Å². The number of methoxy groups -OCH3 is 1. The minimum absolute atomic E-state index is 0.442. The van der Waals surface area contributed by atoms with E-state index in [1.54, 1.807) is 0 Å². The van der Waals surface area contributed by atoms with E-state index in [9.17, 15) is 0 Å². The minimum Gasteiger partial charge on any atom is -0.381 e. The number of benzene rings is 1. The molecule has 3 nitrogen and oxygen atoms in total. The maximum atomic E-state index is 6.49. The molecular weight excluding hydrogens is 471 g/mol. The molecule has 2 aliphatic rings. The number of halogens is 2. The van der Waals surface area contributed by atoms with E-state index in [-0.39, 0.29) is 0 Å². The van der Waals surface area contributed by atoms with Crippen molar-refractivity contribution < 1.29 is 4.74 Å². The molecule has 182 valence electrons. The predicted molar refractivity (Wildman–Crippen MR) is 142 cm³/mol. The van der Waals surface area contributed by atoms with Gasteiger partial charge in [-0.05, 0) is 90.7 Å². The first-order valence-electron chi connectivity index (χ1n) is 12.5. The van der Waals surface area contributed by atoms with E-state index in [1.807, 2.05) is 30.6 Å². The average molecular weight is 510 g/mol. The third kappa shape index (κ3) is 6.96. The molecule has 3 heterocycles. The van der Waals surface area contributed by atoms with Crippen molar-refractivity contribution in [2.45, 2.75) is 57.6 Å². The molecule has 2 saturated heterocycles. The Morgan fingerprint density at radius 2 is 1.94 bits per heavy atom. The van der Waals surface area contributed by atoms with Gasteiger partial charge in [0.05, 0.1) is 6.10 Å². The van der Waals surface area contributed by atoms with Gasteiger partial charge in [0, 0.05) is 49.3 Å². The first-order valence-corrected chi connectivity index (χ1v) is 14.2. The van der Waals surface area contributed by atoms with Crippen molar-refractivity contribution >= 4 is 34.5 Å². The first-order chi connectivity index (χ1) is 16.1. The van der Waals surface area contributed by atoms with Crippen LogP contribution in [0.2, 0.25) is 10.0 Å². The van der Waals surface area contributed by atoms with Gasteiger partial charge in [-0.2, -0.15) is 11.3 Å². The molecule has 1 aromatic heterocycles. The van der Waals surface area contributed by atoms with Gasteiger partial charge in [-0.1, -0.05) is 42.6 Å². The van der Waals surface area contributed by atoms with Crippen LogP contribution in [0.1, 0.15) is 56.1 Å². The van der Waals surface area contributed by atoms with Crippen LogP contribution in [0.25, 0.3) is 0 Å². The molecule has 33 heavy (non-hydrogen) atoms. The number of piperidine rings is 1. The zero-order valence-electron chi connectivity index (χ0n) is 20.0. The molecule has 3 atom stereocenters. The van der Waals surface area contributed by atoms with Gasteiger partial charge in [0.25, 0.3) is 0 Å². The number of hydrogen-bond acceptors (Lipinski definition) is 4. The van der Waals surface area contributed by atoms with Crippen LogP contribution in [0, 0.1) is 11.8 Å². The summed E-state index contributed by atoms with van der Waals surface area (Å²) in [5.74, 6) is 2.08. The van der Waals surface area contributed by atoms with Crippen LogP contribution in [0.3, 0.4) is 0 Å². The minimum atomic E-state index is 0.442. The first kappa shape index (κ1) is 25.5. The van der Waals surface area contributed by atoms with Crippen LogP contribution in [0.4, 0.5) is 0 Å². The number of ether oxygens (including phenoxy) is 1. The normalized spacial score (nSPS) is 23.9. The van der Waals surface area contributed by atoms with Gasteiger partial charge < -0.3 is 9.64 Å². The lowest BCUT2D eigenvalue weighted by Gasteiger charge is -2.35. The summed E-state index contributed by atoms with van der Waals surface area (Å²) >= 11 is 14.4. The highest BCUT2D eigenvalue weighted by Crippen LogP contribution is 2.37. The molecular formula is C27H38Cl2N2OS. The zero-order valence-corrected chi connectivity index (χ0v) is 22.3. The highest BCUT2D eigenvalue weighted by Gasteiger charge is 2.36. The van der Waals surface area contributed by atoms with Crippen LogP contribution < -0.4 is 0 Å². The van der Waals surface area contributed by atoms with Gasteiger partial charge in [-0.25, -0.2) is 0 Å². The molecule has 1 unspecified atom stereocenters. The molecule has 0 N–H and O–H groups in total. The van der Waals surface area contributed by atoms with Crippen molar-refractivity contribution in [1.82, 2.24) is 9.80 Å². The van der Waals surface area contributed by atoms with Crippen molar-refractivity contribution in [2.75, 3.05) is 39.8 Å². The second kappa shape index (κ2) is 12.4. The third-order valence-electron chi connectivity index (χ3n) is 7.64. The lowest BCUT2D eigenvalue weighted by molar-refractivity contribution is 0.0559. The van der Waals surface area contributed by atoms with Crippen molar-refractivity contribution in [1.29, 1.82) is 0 Å². The number of thiophene rings is 1. The average Bonchev–Trinajstić information content (AvgIpc) is 3.47. The molecule has 2 aliphatic heterocycles. The summed E-state index contributed by atoms with van der Waals surface area (Å²) < 4.78 is 5.72. The molecule has 0 spiro atoms. The Hall–Kier alpha value is -0.620. The molecule has 2 fully saturated rings. The van der Waals surface area contributed by atoms with E-state index in [1.165, 1.54) is 62.9 Å². The summed E-state index contributed by atoms with van der Waals surface area (Å²) in [7, 11) is 1.88. The van der Waals surface area contributed by atoms with Gasteiger partial charge in [0.1, 0.15) is 0 Å². The highest BCUT2D eigenvalue weighted by molar-refractivity contribution is 7.08. The molecule has 0 bridgehead atoms. The highest BCUT2D eigenvalue weighted by atomic mass is 35.5. The predicted octanol–water partition coefficient (Wildman–Crippen LogP) is 7.19. The summed E-state index contributed by atoms with van der Waals surface area (Å²) in [6, 6.07) is 8.22. The molecule has 2 aromatic rings. The molecule has 0 aliphatic carbocycles. The van der Waals surface area contributed by atoms with Crippen LogP contribution >= 0.6 is 34.5 Å². The smallest absolute Gasteiger partial charge is 0.0574 e. The lowest BCUT2D eigenvalue weighted by Crippen LogP contribution is -2.39. The lowest BCUT2D eigenvalue weighted by atomic mass is 9.87. The van der Waals surface area contributed by atoms with Gasteiger partial charge >= 0.3 is 0 Å². The fourth-order valence-corrected chi connectivity index (χ4v) is 6.98. The second-order valence-electron chi connectivity index (χ2n) is 9.98. The summed E-state index contributed by atoms with van der Waals surface area (Å²) in [5.41, 5.74) is 2.68.